The molecule has 0 aliphatic carbocycles. The molecule has 1 aromatic carbocycles. The zero-order valence-corrected chi connectivity index (χ0v) is 9.29. The molecule has 114 valence electrons. The van der Waals surface area contributed by atoms with Crippen molar-refractivity contribution in [1.29, 1.82) is 0 Å². The Morgan fingerprint density at radius 2 is 1.30 bits per heavy atom. The number of alkyl halides is 9. The van der Waals surface area contributed by atoms with Crippen molar-refractivity contribution in [2.75, 3.05) is 0 Å². The molecule has 1 nitrogen and oxygen atoms in total. The second-order valence-electron chi connectivity index (χ2n) is 3.82. The van der Waals surface area contributed by atoms with Gasteiger partial charge in [0, 0.05) is 0 Å². The molecule has 1 unspecified atom stereocenters. The van der Waals surface area contributed by atoms with E-state index in [0.717, 1.165) is 0 Å². The predicted molar refractivity (Wildman–Crippen MR) is 49.4 cm³/mol. The van der Waals surface area contributed by atoms with Crippen molar-refractivity contribution in [3.63, 3.8) is 0 Å². The highest BCUT2D eigenvalue weighted by molar-refractivity contribution is 5.38. The molecule has 0 amide bonds. The van der Waals surface area contributed by atoms with Crippen LogP contribution in [0.25, 0.3) is 0 Å². The molecule has 0 saturated heterocycles. The first-order chi connectivity index (χ1) is 8.74. The van der Waals surface area contributed by atoms with Gasteiger partial charge in [-0.1, -0.05) is 6.07 Å². The van der Waals surface area contributed by atoms with Crippen LogP contribution in [0.1, 0.15) is 22.7 Å². The molecule has 0 aromatic heterocycles. The Labute approximate surface area is 106 Å². The first-order valence-corrected chi connectivity index (χ1v) is 4.85. The highest BCUT2D eigenvalue weighted by atomic mass is 19.4. The number of hydrogen-bond donors (Lipinski definition) is 1. The summed E-state index contributed by atoms with van der Waals surface area (Å²) in [4.78, 5) is 0. The van der Waals surface area contributed by atoms with Gasteiger partial charge in [0.15, 0.2) is 0 Å². The maximum absolute atomic E-state index is 12.6. The van der Waals surface area contributed by atoms with Crippen LogP contribution in [0.2, 0.25) is 0 Å². The predicted octanol–water partition coefficient (Wildman–Crippen LogP) is 4.29. The summed E-state index contributed by atoms with van der Waals surface area (Å²) in [5.74, 6) is 0. The standard InChI is InChI=1S/C10H6F9N/c11-8(12,13)4-1-2-5(7(20)10(17,18)19)6(3-4)9(14,15)16/h1-3,7H,20H2. The molecule has 0 aliphatic rings. The average molecular weight is 311 g/mol. The molecule has 1 aromatic rings. The van der Waals surface area contributed by atoms with E-state index in [1.165, 1.54) is 0 Å². The van der Waals surface area contributed by atoms with E-state index in [1.807, 2.05) is 0 Å². The maximum atomic E-state index is 12.6. The van der Waals surface area contributed by atoms with Crippen molar-refractivity contribution >= 4 is 0 Å². The fraction of sp³-hybridized carbons (Fsp3) is 0.400. The monoisotopic (exact) mass is 311 g/mol. The minimum absolute atomic E-state index is 0.0871. The Balaban J connectivity index is 3.48. The molecular formula is C10H6F9N. The van der Waals surface area contributed by atoms with E-state index in [2.05, 4.69) is 5.73 Å². The first-order valence-electron chi connectivity index (χ1n) is 4.85. The van der Waals surface area contributed by atoms with Gasteiger partial charge in [0.25, 0.3) is 0 Å². The van der Waals surface area contributed by atoms with Crippen molar-refractivity contribution < 1.29 is 39.5 Å². The summed E-state index contributed by atoms with van der Waals surface area (Å²) in [6.45, 7) is 0. The molecule has 20 heavy (non-hydrogen) atoms. The Morgan fingerprint density at radius 1 is 0.800 bits per heavy atom. The Bertz CT molecular complexity index is 483. The van der Waals surface area contributed by atoms with Gasteiger partial charge in [-0.15, -0.1) is 0 Å². The lowest BCUT2D eigenvalue weighted by atomic mass is 9.97. The van der Waals surface area contributed by atoms with Crippen LogP contribution in [0, 0.1) is 0 Å². The lowest BCUT2D eigenvalue weighted by Crippen LogP contribution is -2.31. The molecule has 2 N–H and O–H groups in total. The number of rotatable bonds is 1. The van der Waals surface area contributed by atoms with Crippen LogP contribution in [0.15, 0.2) is 18.2 Å². The van der Waals surface area contributed by atoms with Gasteiger partial charge in [-0.2, -0.15) is 39.5 Å². The van der Waals surface area contributed by atoms with E-state index in [0.29, 0.717) is 0 Å². The minimum Gasteiger partial charge on any atom is -0.316 e. The highest BCUT2D eigenvalue weighted by Gasteiger charge is 2.45. The third-order valence-electron chi connectivity index (χ3n) is 2.37. The Kier molecular flexibility index (Phi) is 4.01. The van der Waals surface area contributed by atoms with Gasteiger partial charge < -0.3 is 5.73 Å². The van der Waals surface area contributed by atoms with Gasteiger partial charge in [0.2, 0.25) is 0 Å². The molecule has 0 heterocycles. The van der Waals surface area contributed by atoms with Crippen LogP contribution in [-0.2, 0) is 12.4 Å². The number of halogens is 9. The quantitative estimate of drug-likeness (QED) is 0.770. The Hall–Kier alpha value is -1.45. The molecule has 1 atom stereocenters. The van der Waals surface area contributed by atoms with Crippen LogP contribution in [0.5, 0.6) is 0 Å². The molecule has 0 bridgehead atoms. The van der Waals surface area contributed by atoms with Gasteiger partial charge >= 0.3 is 18.5 Å². The van der Waals surface area contributed by atoms with E-state index in [-0.39, 0.29) is 18.2 Å². The summed E-state index contributed by atoms with van der Waals surface area (Å²) in [6.07, 6.45) is -15.7. The zero-order chi connectivity index (χ0) is 15.9. The highest BCUT2D eigenvalue weighted by Crippen LogP contribution is 2.41. The van der Waals surface area contributed by atoms with Crippen molar-refractivity contribution in [3.8, 4) is 0 Å². The van der Waals surface area contributed by atoms with E-state index in [1.54, 1.807) is 0 Å². The van der Waals surface area contributed by atoms with Gasteiger partial charge in [0.1, 0.15) is 6.04 Å². The summed E-state index contributed by atoms with van der Waals surface area (Å²) in [5, 5.41) is 0. The van der Waals surface area contributed by atoms with Gasteiger partial charge in [-0.3, -0.25) is 0 Å². The molecule has 0 fully saturated rings. The first kappa shape index (κ1) is 16.6. The Morgan fingerprint density at radius 3 is 1.65 bits per heavy atom. The molecule has 0 spiro atoms. The second kappa shape index (κ2) is 4.83. The number of benzene rings is 1. The van der Waals surface area contributed by atoms with Crippen molar-refractivity contribution in [2.24, 2.45) is 5.73 Å². The van der Waals surface area contributed by atoms with Crippen molar-refractivity contribution in [1.82, 2.24) is 0 Å². The van der Waals surface area contributed by atoms with Crippen LogP contribution >= 0.6 is 0 Å². The second-order valence-corrected chi connectivity index (χ2v) is 3.82. The fourth-order valence-corrected chi connectivity index (χ4v) is 1.43. The molecule has 0 saturated carbocycles. The summed E-state index contributed by atoms with van der Waals surface area (Å²) in [5.41, 5.74) is -0.602. The lowest BCUT2D eigenvalue weighted by molar-refractivity contribution is -0.156. The van der Waals surface area contributed by atoms with Crippen LogP contribution in [-0.4, -0.2) is 6.18 Å². The number of nitrogens with two attached hydrogens (primary N) is 1. The number of hydrogen-bond acceptors (Lipinski definition) is 1. The molecule has 0 aliphatic heterocycles. The maximum Gasteiger partial charge on any atom is 0.416 e. The molecular weight excluding hydrogens is 305 g/mol. The van der Waals surface area contributed by atoms with Crippen LogP contribution in [0.4, 0.5) is 39.5 Å². The molecule has 10 heteroatoms. The van der Waals surface area contributed by atoms with Gasteiger partial charge in [-0.05, 0) is 17.7 Å². The molecule has 0 radical (unpaired) electrons. The third kappa shape index (κ3) is 3.56. The smallest absolute Gasteiger partial charge is 0.316 e. The van der Waals surface area contributed by atoms with Crippen LogP contribution < -0.4 is 5.73 Å². The van der Waals surface area contributed by atoms with Gasteiger partial charge in [0.05, 0.1) is 11.1 Å². The van der Waals surface area contributed by atoms with E-state index >= 15 is 0 Å². The summed E-state index contributed by atoms with van der Waals surface area (Å²) >= 11 is 0. The largest absolute Gasteiger partial charge is 0.416 e. The minimum atomic E-state index is -5.39. The van der Waals surface area contributed by atoms with E-state index in [9.17, 15) is 39.5 Å². The van der Waals surface area contributed by atoms with Crippen molar-refractivity contribution in [2.45, 2.75) is 24.6 Å². The molecule has 1 rings (SSSR count). The SMILES string of the molecule is NC(c1ccc(C(F)(F)F)cc1C(F)(F)F)C(F)(F)F. The van der Waals surface area contributed by atoms with E-state index < -0.39 is 41.3 Å². The summed E-state index contributed by atoms with van der Waals surface area (Å²) in [6, 6.07) is -3.21. The lowest BCUT2D eigenvalue weighted by Gasteiger charge is -2.21. The zero-order valence-electron chi connectivity index (χ0n) is 9.29. The van der Waals surface area contributed by atoms with E-state index in [4.69, 9.17) is 0 Å². The average Bonchev–Trinajstić information content (AvgIpc) is 2.23. The van der Waals surface area contributed by atoms with Crippen molar-refractivity contribution in [3.05, 3.63) is 34.9 Å². The summed E-state index contributed by atoms with van der Waals surface area (Å²) in [7, 11) is 0. The normalized spacial score (nSPS) is 15.3. The van der Waals surface area contributed by atoms with Gasteiger partial charge in [-0.25, -0.2) is 0 Å². The fourth-order valence-electron chi connectivity index (χ4n) is 1.43. The van der Waals surface area contributed by atoms with Crippen LogP contribution in [0.3, 0.4) is 0 Å². The third-order valence-corrected chi connectivity index (χ3v) is 2.37. The summed E-state index contributed by atoms with van der Waals surface area (Å²) < 4.78 is 112. The topological polar surface area (TPSA) is 26.0 Å².